The number of benzene rings is 2. The van der Waals surface area contributed by atoms with Crippen molar-refractivity contribution in [3.05, 3.63) is 79.3 Å². The van der Waals surface area contributed by atoms with Crippen LogP contribution in [0.15, 0.2) is 89.2 Å². The number of anilines is 2. The zero-order valence-corrected chi connectivity index (χ0v) is 14.0. The van der Waals surface area contributed by atoms with Gasteiger partial charge in [0.15, 0.2) is 0 Å². The van der Waals surface area contributed by atoms with Gasteiger partial charge in [0, 0.05) is 37.5 Å². The molecule has 0 saturated heterocycles. The molecule has 24 heavy (non-hydrogen) atoms. The second-order valence-corrected chi connectivity index (χ2v) is 7.12. The molecule has 0 radical (unpaired) electrons. The van der Waals surface area contributed by atoms with E-state index in [1.807, 2.05) is 35.5 Å². The van der Waals surface area contributed by atoms with E-state index in [-0.39, 0.29) is 4.90 Å². The first-order chi connectivity index (χ1) is 11.6. The van der Waals surface area contributed by atoms with E-state index >= 15 is 0 Å². The minimum atomic E-state index is -3.56. The lowest BCUT2D eigenvalue weighted by atomic mass is 10.2. The first kappa shape index (κ1) is 16.0. The van der Waals surface area contributed by atoms with Crippen molar-refractivity contribution >= 4 is 27.6 Å². The molecule has 1 aliphatic rings. The Labute approximate surface area is 141 Å². The molecule has 5 nitrogen and oxygen atoms in total. The molecule has 0 bridgehead atoms. The molecule has 122 valence electrons. The van der Waals surface area contributed by atoms with Gasteiger partial charge in [0.25, 0.3) is 10.0 Å². The molecule has 3 rings (SSSR count). The summed E-state index contributed by atoms with van der Waals surface area (Å²) in [5.74, 6) is 0. The standard InChI is InChI=1S/C18H17N3O2S/c1-20(24(22,23)18-6-3-2-4-7-18)16-8-10-17(11-9-16)21-14-5-12-19-13-15-21/h2-15H,1H3. The first-order valence-electron chi connectivity index (χ1n) is 7.38. The van der Waals surface area contributed by atoms with Gasteiger partial charge in [-0.2, -0.15) is 0 Å². The summed E-state index contributed by atoms with van der Waals surface area (Å²) >= 11 is 0. The zero-order valence-electron chi connectivity index (χ0n) is 13.1. The summed E-state index contributed by atoms with van der Waals surface area (Å²) in [5, 5.41) is 0. The Bertz CT molecular complexity index is 870. The number of aliphatic imine (C=N–C) groups is 1. The molecule has 0 amide bonds. The highest BCUT2D eigenvalue weighted by Gasteiger charge is 2.20. The molecule has 0 fully saturated rings. The maximum atomic E-state index is 12.6. The molecule has 0 aromatic heterocycles. The first-order valence-corrected chi connectivity index (χ1v) is 8.82. The Morgan fingerprint density at radius 1 is 0.958 bits per heavy atom. The van der Waals surface area contributed by atoms with Crippen LogP contribution in [0.4, 0.5) is 11.4 Å². The van der Waals surface area contributed by atoms with Crippen molar-refractivity contribution in [3.8, 4) is 0 Å². The van der Waals surface area contributed by atoms with E-state index in [1.165, 1.54) is 4.31 Å². The van der Waals surface area contributed by atoms with E-state index < -0.39 is 10.0 Å². The van der Waals surface area contributed by atoms with Crippen LogP contribution in [0.5, 0.6) is 0 Å². The largest absolute Gasteiger partial charge is 0.322 e. The van der Waals surface area contributed by atoms with Crippen molar-refractivity contribution < 1.29 is 8.42 Å². The fraction of sp³-hybridized carbons (Fsp3) is 0.0556. The lowest BCUT2D eigenvalue weighted by Crippen LogP contribution is -2.26. The monoisotopic (exact) mass is 339 g/mol. The van der Waals surface area contributed by atoms with Crippen LogP contribution < -0.4 is 9.21 Å². The predicted molar refractivity (Wildman–Crippen MR) is 97.7 cm³/mol. The summed E-state index contributed by atoms with van der Waals surface area (Å²) in [6.45, 7) is 0. The Hall–Kier alpha value is -2.86. The quantitative estimate of drug-likeness (QED) is 0.858. The molecule has 0 spiro atoms. The predicted octanol–water partition coefficient (Wildman–Crippen LogP) is 3.39. The van der Waals surface area contributed by atoms with E-state index in [1.54, 1.807) is 61.9 Å². The van der Waals surface area contributed by atoms with Gasteiger partial charge in [0.1, 0.15) is 0 Å². The average Bonchev–Trinajstić information content (AvgIpc) is 2.91. The van der Waals surface area contributed by atoms with E-state index in [2.05, 4.69) is 4.99 Å². The minimum Gasteiger partial charge on any atom is -0.322 e. The molecule has 0 N–H and O–H groups in total. The normalized spacial score (nSPS) is 13.8. The summed E-state index contributed by atoms with van der Waals surface area (Å²) in [4.78, 5) is 6.21. The van der Waals surface area contributed by atoms with Gasteiger partial charge in [-0.1, -0.05) is 18.2 Å². The Morgan fingerprint density at radius 3 is 2.38 bits per heavy atom. The number of hydrogen-bond acceptors (Lipinski definition) is 4. The van der Waals surface area contributed by atoms with E-state index in [0.29, 0.717) is 5.69 Å². The van der Waals surface area contributed by atoms with Crippen LogP contribution in [0.25, 0.3) is 0 Å². The van der Waals surface area contributed by atoms with Gasteiger partial charge in [-0.3, -0.25) is 9.30 Å². The van der Waals surface area contributed by atoms with Crippen molar-refractivity contribution in [2.24, 2.45) is 4.99 Å². The highest BCUT2D eigenvalue weighted by Crippen LogP contribution is 2.25. The average molecular weight is 339 g/mol. The maximum absolute atomic E-state index is 12.6. The molecule has 0 aliphatic carbocycles. The van der Waals surface area contributed by atoms with Gasteiger partial charge >= 0.3 is 0 Å². The highest BCUT2D eigenvalue weighted by atomic mass is 32.2. The second-order valence-electron chi connectivity index (χ2n) is 5.15. The topological polar surface area (TPSA) is 53.0 Å². The van der Waals surface area contributed by atoms with Crippen LogP contribution in [0.2, 0.25) is 0 Å². The van der Waals surface area contributed by atoms with E-state index in [4.69, 9.17) is 0 Å². The molecule has 0 saturated carbocycles. The van der Waals surface area contributed by atoms with Crippen molar-refractivity contribution in [2.75, 3.05) is 16.3 Å². The van der Waals surface area contributed by atoms with Crippen molar-refractivity contribution in [1.82, 2.24) is 0 Å². The SMILES string of the molecule is CN(c1ccc(N2C=CC=NC=C2)cc1)S(=O)(=O)c1ccccc1. The molecule has 0 atom stereocenters. The zero-order chi connectivity index (χ0) is 17.0. The summed E-state index contributed by atoms with van der Waals surface area (Å²) < 4.78 is 26.6. The summed E-state index contributed by atoms with van der Waals surface area (Å²) in [5.41, 5.74) is 1.52. The smallest absolute Gasteiger partial charge is 0.264 e. The van der Waals surface area contributed by atoms with Crippen LogP contribution >= 0.6 is 0 Å². The number of rotatable bonds is 4. The molecule has 2 aromatic carbocycles. The van der Waals surface area contributed by atoms with Crippen molar-refractivity contribution in [2.45, 2.75) is 4.90 Å². The molecule has 2 aromatic rings. The molecule has 1 aliphatic heterocycles. The van der Waals surface area contributed by atoms with Gasteiger partial charge in [0.05, 0.1) is 10.6 Å². The number of nitrogens with zero attached hydrogens (tertiary/aromatic N) is 3. The van der Waals surface area contributed by atoms with Gasteiger partial charge in [-0.25, -0.2) is 8.42 Å². The van der Waals surface area contributed by atoms with Gasteiger partial charge in [-0.15, -0.1) is 0 Å². The lowest BCUT2D eigenvalue weighted by Gasteiger charge is -2.21. The van der Waals surface area contributed by atoms with Gasteiger partial charge in [0.2, 0.25) is 0 Å². The van der Waals surface area contributed by atoms with Crippen LogP contribution in [0.3, 0.4) is 0 Å². The molecule has 0 unspecified atom stereocenters. The third-order valence-electron chi connectivity index (χ3n) is 3.65. The minimum absolute atomic E-state index is 0.270. The molecular weight excluding hydrogens is 322 g/mol. The van der Waals surface area contributed by atoms with Crippen LogP contribution in [0, 0.1) is 0 Å². The maximum Gasteiger partial charge on any atom is 0.264 e. The highest BCUT2D eigenvalue weighted by molar-refractivity contribution is 7.92. The van der Waals surface area contributed by atoms with Gasteiger partial charge in [-0.05, 0) is 42.5 Å². The van der Waals surface area contributed by atoms with Gasteiger partial charge < -0.3 is 4.90 Å². The number of allylic oxidation sites excluding steroid dienone is 1. The van der Waals surface area contributed by atoms with Crippen molar-refractivity contribution in [1.29, 1.82) is 0 Å². The number of sulfonamides is 1. The fourth-order valence-electron chi connectivity index (χ4n) is 2.29. The van der Waals surface area contributed by atoms with Crippen LogP contribution in [-0.2, 0) is 10.0 Å². The summed E-state index contributed by atoms with van der Waals surface area (Å²) in [7, 11) is -2.01. The van der Waals surface area contributed by atoms with E-state index in [0.717, 1.165) is 5.69 Å². The second kappa shape index (κ2) is 6.72. The van der Waals surface area contributed by atoms with Crippen LogP contribution in [-0.4, -0.2) is 21.7 Å². The Kier molecular flexibility index (Phi) is 4.48. The molecule has 6 heteroatoms. The third kappa shape index (κ3) is 3.23. The fourth-order valence-corrected chi connectivity index (χ4v) is 3.50. The number of hydrogen-bond donors (Lipinski definition) is 0. The summed E-state index contributed by atoms with van der Waals surface area (Å²) in [6.07, 6.45) is 8.94. The Balaban J connectivity index is 1.85. The lowest BCUT2D eigenvalue weighted by molar-refractivity contribution is 0.594. The Morgan fingerprint density at radius 2 is 1.67 bits per heavy atom. The molecule has 1 heterocycles. The third-order valence-corrected chi connectivity index (χ3v) is 5.44. The van der Waals surface area contributed by atoms with E-state index in [9.17, 15) is 8.42 Å². The van der Waals surface area contributed by atoms with Crippen LogP contribution in [0.1, 0.15) is 0 Å². The summed E-state index contributed by atoms with van der Waals surface area (Å²) in [6, 6.07) is 15.7. The van der Waals surface area contributed by atoms with Crippen molar-refractivity contribution in [3.63, 3.8) is 0 Å². The molecular formula is C18H17N3O2S.